The first-order valence-corrected chi connectivity index (χ1v) is 9.13. The Balaban J connectivity index is 1.59. The molecule has 1 aromatic carbocycles. The predicted octanol–water partition coefficient (Wildman–Crippen LogP) is 4.76. The summed E-state index contributed by atoms with van der Waals surface area (Å²) >= 11 is 0. The lowest BCUT2D eigenvalue weighted by atomic mass is 10.0. The topological polar surface area (TPSA) is 69.3 Å². The molecule has 142 valence electrons. The molecule has 3 rings (SSSR count). The van der Waals surface area contributed by atoms with Gasteiger partial charge in [0.15, 0.2) is 5.76 Å². The number of nitrogens with one attached hydrogen (secondary N) is 1. The first kappa shape index (κ1) is 18.8. The zero-order chi connectivity index (χ0) is 19.4. The predicted molar refractivity (Wildman–Crippen MR) is 104 cm³/mol. The number of aromatic nitrogens is 2. The molecule has 0 aliphatic carbocycles. The molecule has 1 amide bonds. The summed E-state index contributed by atoms with van der Waals surface area (Å²) in [5, 5.41) is 7.05. The third kappa shape index (κ3) is 4.39. The van der Waals surface area contributed by atoms with Crippen LogP contribution in [0.1, 0.15) is 54.3 Å². The zero-order valence-electron chi connectivity index (χ0n) is 16.2. The number of carbonyl (C=O) groups excluding carboxylic acids is 1. The summed E-state index contributed by atoms with van der Waals surface area (Å²) in [6.45, 7) is 9.24. The molecule has 0 atom stereocenters. The van der Waals surface area contributed by atoms with Gasteiger partial charge in [-0.15, -0.1) is 0 Å². The average Bonchev–Trinajstić information content (AvgIpc) is 3.27. The van der Waals surface area contributed by atoms with Gasteiger partial charge in [-0.05, 0) is 49.6 Å². The minimum atomic E-state index is -0.304. The number of hydrogen-bond donors (Lipinski definition) is 1. The summed E-state index contributed by atoms with van der Waals surface area (Å²) in [6, 6.07) is 11.4. The molecule has 2 aromatic heterocycles. The third-order valence-electron chi connectivity index (χ3n) is 4.46. The van der Waals surface area contributed by atoms with Crippen LogP contribution in [-0.4, -0.2) is 15.7 Å². The molecule has 0 aliphatic heterocycles. The van der Waals surface area contributed by atoms with Gasteiger partial charge >= 0.3 is 0 Å². The van der Waals surface area contributed by atoms with Crippen molar-refractivity contribution in [3.8, 4) is 5.75 Å². The van der Waals surface area contributed by atoms with Crippen LogP contribution in [0.4, 0.5) is 5.69 Å². The molecule has 1 N–H and O–H groups in total. The molecule has 2 heterocycles. The van der Waals surface area contributed by atoms with E-state index in [2.05, 4.69) is 36.4 Å². The molecule has 3 aromatic rings. The van der Waals surface area contributed by atoms with Crippen LogP contribution in [0.3, 0.4) is 0 Å². The number of benzene rings is 1. The molecule has 0 fully saturated rings. The number of amides is 1. The number of hydrogen-bond acceptors (Lipinski definition) is 4. The summed E-state index contributed by atoms with van der Waals surface area (Å²) in [6.07, 6.45) is 1.64. The summed E-state index contributed by atoms with van der Waals surface area (Å²) < 4.78 is 13.2. The molecule has 0 spiro atoms. The monoisotopic (exact) mass is 367 g/mol. The van der Waals surface area contributed by atoms with Gasteiger partial charge in [0.05, 0.1) is 17.6 Å². The maximum Gasteiger partial charge on any atom is 0.291 e. The summed E-state index contributed by atoms with van der Waals surface area (Å²) in [7, 11) is 0. The van der Waals surface area contributed by atoms with E-state index in [9.17, 15) is 4.79 Å². The van der Waals surface area contributed by atoms with E-state index < -0.39 is 0 Å². The van der Waals surface area contributed by atoms with E-state index in [4.69, 9.17) is 9.15 Å². The second-order valence-electron chi connectivity index (χ2n) is 6.69. The van der Waals surface area contributed by atoms with Crippen molar-refractivity contribution in [1.29, 1.82) is 0 Å². The number of anilines is 1. The van der Waals surface area contributed by atoms with E-state index in [0.717, 1.165) is 18.0 Å². The maximum atomic E-state index is 12.4. The molecule has 0 saturated heterocycles. The largest absolute Gasteiger partial charge is 0.486 e. The first-order valence-electron chi connectivity index (χ1n) is 9.13. The van der Waals surface area contributed by atoms with Crippen LogP contribution in [-0.2, 0) is 13.2 Å². The number of carbonyl (C=O) groups is 1. The molecule has 27 heavy (non-hydrogen) atoms. The molecular formula is C21H25N3O3. The normalized spacial score (nSPS) is 11.0. The van der Waals surface area contributed by atoms with E-state index in [-0.39, 0.29) is 18.3 Å². The summed E-state index contributed by atoms with van der Waals surface area (Å²) in [5.74, 6) is 1.78. The van der Waals surface area contributed by atoms with Crippen molar-refractivity contribution < 1.29 is 13.9 Å². The van der Waals surface area contributed by atoms with Gasteiger partial charge in [0.1, 0.15) is 18.1 Å². The van der Waals surface area contributed by atoms with Gasteiger partial charge in [-0.25, -0.2) is 0 Å². The van der Waals surface area contributed by atoms with E-state index in [1.165, 1.54) is 5.56 Å². The van der Waals surface area contributed by atoms with Gasteiger partial charge in [0.2, 0.25) is 0 Å². The standard InChI is InChI=1S/C21H25N3O3/c1-5-24-15(4)19(12-22-24)23-21(25)20-11-10-18(27-20)13-26-17-8-6-16(7-9-17)14(2)3/h6-12,14H,5,13H2,1-4H3,(H,23,25). The van der Waals surface area contributed by atoms with Crippen molar-refractivity contribution in [2.75, 3.05) is 5.32 Å². The van der Waals surface area contributed by atoms with Crippen LogP contribution < -0.4 is 10.1 Å². The van der Waals surface area contributed by atoms with E-state index in [1.807, 2.05) is 30.7 Å². The third-order valence-corrected chi connectivity index (χ3v) is 4.46. The van der Waals surface area contributed by atoms with Crippen LogP contribution in [0.15, 0.2) is 47.0 Å². The number of rotatable bonds is 7. The Labute approximate surface area is 159 Å². The van der Waals surface area contributed by atoms with Gasteiger partial charge in [-0.2, -0.15) is 5.10 Å². The van der Waals surface area contributed by atoms with Crippen LogP contribution in [0.2, 0.25) is 0 Å². The Kier molecular flexibility index (Phi) is 5.64. The molecule has 6 nitrogen and oxygen atoms in total. The Morgan fingerprint density at radius 3 is 2.59 bits per heavy atom. The summed E-state index contributed by atoms with van der Waals surface area (Å²) in [4.78, 5) is 12.4. The second-order valence-corrected chi connectivity index (χ2v) is 6.69. The Hall–Kier alpha value is -3.02. The van der Waals surface area contributed by atoms with Crippen molar-refractivity contribution in [2.24, 2.45) is 0 Å². The first-order chi connectivity index (χ1) is 13.0. The van der Waals surface area contributed by atoms with Crippen molar-refractivity contribution in [3.63, 3.8) is 0 Å². The fourth-order valence-electron chi connectivity index (χ4n) is 2.75. The van der Waals surface area contributed by atoms with Gasteiger partial charge in [0.25, 0.3) is 5.91 Å². The summed E-state index contributed by atoms with van der Waals surface area (Å²) in [5.41, 5.74) is 2.85. The zero-order valence-corrected chi connectivity index (χ0v) is 16.2. The number of nitrogens with zero attached hydrogens (tertiary/aromatic N) is 2. The van der Waals surface area contributed by atoms with Gasteiger partial charge in [-0.3, -0.25) is 9.48 Å². The van der Waals surface area contributed by atoms with Crippen LogP contribution in [0.25, 0.3) is 0 Å². The lowest BCUT2D eigenvalue weighted by molar-refractivity contribution is 0.0992. The highest BCUT2D eigenvalue weighted by atomic mass is 16.5. The quantitative estimate of drug-likeness (QED) is 0.654. The lowest BCUT2D eigenvalue weighted by Crippen LogP contribution is -2.11. The molecule has 0 saturated carbocycles. The highest BCUT2D eigenvalue weighted by molar-refractivity contribution is 6.02. The number of furan rings is 1. The SMILES string of the molecule is CCn1ncc(NC(=O)c2ccc(COc3ccc(C(C)C)cc3)o2)c1C. The molecule has 0 bridgehead atoms. The van der Waals surface area contributed by atoms with E-state index in [0.29, 0.717) is 17.4 Å². The number of aryl methyl sites for hydroxylation is 1. The van der Waals surface area contributed by atoms with Crippen molar-refractivity contribution in [1.82, 2.24) is 9.78 Å². The molecule has 0 radical (unpaired) electrons. The second kappa shape index (κ2) is 8.12. The van der Waals surface area contributed by atoms with Crippen molar-refractivity contribution in [3.05, 3.63) is 65.4 Å². The minimum Gasteiger partial charge on any atom is -0.486 e. The van der Waals surface area contributed by atoms with E-state index in [1.54, 1.807) is 18.3 Å². The van der Waals surface area contributed by atoms with Crippen molar-refractivity contribution in [2.45, 2.75) is 46.8 Å². The van der Waals surface area contributed by atoms with Crippen LogP contribution >= 0.6 is 0 Å². The smallest absolute Gasteiger partial charge is 0.291 e. The molecular weight excluding hydrogens is 342 g/mol. The molecule has 6 heteroatoms. The number of ether oxygens (including phenoxy) is 1. The van der Waals surface area contributed by atoms with Crippen molar-refractivity contribution >= 4 is 11.6 Å². The Bertz CT molecular complexity index is 907. The lowest BCUT2D eigenvalue weighted by Gasteiger charge is -2.08. The highest BCUT2D eigenvalue weighted by Gasteiger charge is 2.15. The van der Waals surface area contributed by atoms with Crippen LogP contribution in [0, 0.1) is 6.92 Å². The maximum absolute atomic E-state index is 12.4. The fraction of sp³-hybridized carbons (Fsp3) is 0.333. The fourth-order valence-corrected chi connectivity index (χ4v) is 2.75. The van der Waals surface area contributed by atoms with Gasteiger partial charge in [-0.1, -0.05) is 26.0 Å². The average molecular weight is 367 g/mol. The molecule has 0 unspecified atom stereocenters. The Morgan fingerprint density at radius 2 is 1.96 bits per heavy atom. The minimum absolute atomic E-state index is 0.243. The van der Waals surface area contributed by atoms with Crippen LogP contribution in [0.5, 0.6) is 5.75 Å². The van der Waals surface area contributed by atoms with Gasteiger partial charge < -0.3 is 14.5 Å². The van der Waals surface area contributed by atoms with Gasteiger partial charge in [0, 0.05) is 6.54 Å². The Morgan fingerprint density at radius 1 is 1.22 bits per heavy atom. The van der Waals surface area contributed by atoms with E-state index >= 15 is 0 Å². The highest BCUT2D eigenvalue weighted by Crippen LogP contribution is 2.20. The molecule has 0 aliphatic rings.